The van der Waals surface area contributed by atoms with Crippen LogP contribution in [0.5, 0.6) is 0 Å². The molecule has 0 saturated carbocycles. The van der Waals surface area contributed by atoms with Crippen molar-refractivity contribution in [2.75, 3.05) is 5.32 Å². The number of aromatic amines is 1. The zero-order valence-electron chi connectivity index (χ0n) is 8.35. The average molecular weight is 306 g/mol. The second kappa shape index (κ2) is 4.40. The maximum atomic E-state index is 12.6. The highest BCUT2D eigenvalue weighted by molar-refractivity contribution is 9.10. The molecular formula is C10H7BrF3N3. The van der Waals surface area contributed by atoms with Crippen molar-refractivity contribution < 1.29 is 13.2 Å². The first-order valence-corrected chi connectivity index (χ1v) is 5.39. The number of nitrogens with zero attached hydrogens (tertiary/aromatic N) is 1. The summed E-state index contributed by atoms with van der Waals surface area (Å²) in [5.74, 6) is 0.389. The molecule has 0 aliphatic heterocycles. The van der Waals surface area contributed by atoms with E-state index in [2.05, 4.69) is 31.2 Å². The van der Waals surface area contributed by atoms with Gasteiger partial charge in [-0.15, -0.1) is 0 Å². The average Bonchev–Trinajstić information content (AvgIpc) is 2.72. The zero-order chi connectivity index (χ0) is 12.5. The van der Waals surface area contributed by atoms with Crippen molar-refractivity contribution in [1.82, 2.24) is 9.97 Å². The number of aromatic nitrogens is 2. The maximum Gasteiger partial charge on any atom is 0.417 e. The second-order valence-electron chi connectivity index (χ2n) is 3.26. The summed E-state index contributed by atoms with van der Waals surface area (Å²) in [7, 11) is 0. The number of alkyl halides is 3. The highest BCUT2D eigenvalue weighted by Gasteiger charge is 2.33. The van der Waals surface area contributed by atoms with E-state index in [0.29, 0.717) is 11.6 Å². The Morgan fingerprint density at radius 2 is 2.06 bits per heavy atom. The van der Waals surface area contributed by atoms with Crippen LogP contribution in [0.2, 0.25) is 0 Å². The highest BCUT2D eigenvalue weighted by Crippen LogP contribution is 2.36. The van der Waals surface area contributed by atoms with Gasteiger partial charge in [-0.3, -0.25) is 0 Å². The quantitative estimate of drug-likeness (QED) is 0.882. The molecule has 0 saturated heterocycles. The van der Waals surface area contributed by atoms with E-state index < -0.39 is 11.7 Å². The van der Waals surface area contributed by atoms with E-state index in [-0.39, 0.29) is 4.47 Å². The number of nitrogens with one attached hydrogen (secondary N) is 2. The molecule has 1 heterocycles. The normalized spacial score (nSPS) is 11.5. The molecule has 2 N–H and O–H groups in total. The van der Waals surface area contributed by atoms with Gasteiger partial charge in [0, 0.05) is 22.6 Å². The van der Waals surface area contributed by atoms with Gasteiger partial charge in [0.15, 0.2) is 0 Å². The molecule has 2 rings (SSSR count). The van der Waals surface area contributed by atoms with E-state index in [9.17, 15) is 13.2 Å². The lowest BCUT2D eigenvalue weighted by Gasteiger charge is -2.11. The van der Waals surface area contributed by atoms with Crippen molar-refractivity contribution in [2.45, 2.75) is 6.18 Å². The van der Waals surface area contributed by atoms with Gasteiger partial charge in [-0.05, 0) is 18.2 Å². The van der Waals surface area contributed by atoms with Gasteiger partial charge in [0.1, 0.15) is 0 Å². The Kier molecular flexibility index (Phi) is 3.10. The first-order valence-electron chi connectivity index (χ1n) is 4.60. The van der Waals surface area contributed by atoms with Crippen molar-refractivity contribution >= 4 is 27.6 Å². The van der Waals surface area contributed by atoms with Crippen LogP contribution in [0.25, 0.3) is 0 Å². The molecule has 0 aliphatic rings. The number of hydrogen-bond donors (Lipinski definition) is 2. The molecule has 1 aromatic heterocycles. The summed E-state index contributed by atoms with van der Waals surface area (Å²) >= 11 is 2.87. The minimum atomic E-state index is -4.39. The molecule has 17 heavy (non-hydrogen) atoms. The van der Waals surface area contributed by atoms with Gasteiger partial charge in [0.2, 0.25) is 5.95 Å². The number of H-pyrrole nitrogens is 1. The van der Waals surface area contributed by atoms with Crippen LogP contribution >= 0.6 is 15.9 Å². The van der Waals surface area contributed by atoms with Gasteiger partial charge in [-0.2, -0.15) is 13.2 Å². The third-order valence-electron chi connectivity index (χ3n) is 2.03. The van der Waals surface area contributed by atoms with Gasteiger partial charge in [0.05, 0.1) is 5.56 Å². The first kappa shape index (κ1) is 12.0. The van der Waals surface area contributed by atoms with E-state index >= 15 is 0 Å². The fraction of sp³-hybridized carbons (Fsp3) is 0.100. The Hall–Kier alpha value is -1.50. The molecule has 0 amide bonds. The Morgan fingerprint density at radius 3 is 2.65 bits per heavy atom. The summed E-state index contributed by atoms with van der Waals surface area (Å²) < 4.78 is 37.9. The van der Waals surface area contributed by atoms with Crippen molar-refractivity contribution in [2.24, 2.45) is 0 Å². The van der Waals surface area contributed by atoms with Crippen LogP contribution < -0.4 is 5.32 Å². The molecule has 0 unspecified atom stereocenters. The van der Waals surface area contributed by atoms with E-state index in [1.54, 1.807) is 6.20 Å². The second-order valence-corrected chi connectivity index (χ2v) is 4.11. The number of anilines is 2. The number of halogens is 4. The summed E-state index contributed by atoms with van der Waals surface area (Å²) in [6.07, 6.45) is -1.31. The van der Waals surface area contributed by atoms with Crippen LogP contribution in [0, 0.1) is 0 Å². The predicted octanol–water partition coefficient (Wildman–Crippen LogP) is 3.93. The van der Waals surface area contributed by atoms with Gasteiger partial charge in [-0.25, -0.2) is 4.98 Å². The van der Waals surface area contributed by atoms with Crippen molar-refractivity contribution in [3.8, 4) is 0 Å². The lowest BCUT2D eigenvalue weighted by Crippen LogP contribution is -2.06. The number of hydrogen-bond acceptors (Lipinski definition) is 2. The summed E-state index contributed by atoms with van der Waals surface area (Å²) in [6.45, 7) is 0. The lowest BCUT2D eigenvalue weighted by atomic mass is 10.2. The van der Waals surface area contributed by atoms with E-state index in [0.717, 1.165) is 6.07 Å². The summed E-state index contributed by atoms with van der Waals surface area (Å²) in [5.41, 5.74) is -0.412. The third-order valence-corrected chi connectivity index (χ3v) is 2.72. The van der Waals surface area contributed by atoms with E-state index in [1.165, 1.54) is 18.3 Å². The maximum absolute atomic E-state index is 12.6. The van der Waals surface area contributed by atoms with Crippen molar-refractivity contribution in [3.63, 3.8) is 0 Å². The largest absolute Gasteiger partial charge is 0.417 e. The Bertz CT molecular complexity index is 508. The Balaban J connectivity index is 2.31. The molecule has 1 aromatic carbocycles. The number of rotatable bonds is 2. The Labute approximate surface area is 103 Å². The molecular weight excluding hydrogens is 299 g/mol. The molecule has 0 spiro atoms. The van der Waals surface area contributed by atoms with Crippen LogP contribution in [0.15, 0.2) is 35.1 Å². The number of imidazole rings is 1. The zero-order valence-corrected chi connectivity index (χ0v) is 9.93. The topological polar surface area (TPSA) is 40.7 Å². The van der Waals surface area contributed by atoms with Gasteiger partial charge in [0.25, 0.3) is 0 Å². The van der Waals surface area contributed by atoms with Crippen molar-refractivity contribution in [3.05, 3.63) is 40.6 Å². The highest BCUT2D eigenvalue weighted by atomic mass is 79.9. The smallest absolute Gasteiger partial charge is 0.331 e. The molecule has 0 atom stereocenters. The summed E-state index contributed by atoms with van der Waals surface area (Å²) in [4.78, 5) is 6.61. The van der Waals surface area contributed by atoms with E-state index in [4.69, 9.17) is 0 Å². The van der Waals surface area contributed by atoms with Crippen LogP contribution in [0.3, 0.4) is 0 Å². The molecule has 0 aliphatic carbocycles. The molecule has 0 bridgehead atoms. The monoisotopic (exact) mass is 305 g/mol. The van der Waals surface area contributed by atoms with Gasteiger partial charge < -0.3 is 10.3 Å². The predicted molar refractivity (Wildman–Crippen MR) is 61.0 cm³/mol. The molecule has 90 valence electrons. The third kappa shape index (κ3) is 2.79. The van der Waals surface area contributed by atoms with Crippen molar-refractivity contribution in [1.29, 1.82) is 0 Å². The van der Waals surface area contributed by atoms with Crippen LogP contribution in [0.4, 0.5) is 24.8 Å². The molecule has 3 nitrogen and oxygen atoms in total. The van der Waals surface area contributed by atoms with Crippen LogP contribution in [0.1, 0.15) is 5.56 Å². The van der Waals surface area contributed by atoms with Crippen LogP contribution in [-0.2, 0) is 6.18 Å². The summed E-state index contributed by atoms with van der Waals surface area (Å²) in [5, 5.41) is 2.74. The molecule has 0 radical (unpaired) electrons. The minimum Gasteiger partial charge on any atom is -0.331 e. The first-order chi connectivity index (χ1) is 7.97. The van der Waals surface area contributed by atoms with Gasteiger partial charge in [-0.1, -0.05) is 15.9 Å². The number of benzene rings is 1. The van der Waals surface area contributed by atoms with Crippen LogP contribution in [-0.4, -0.2) is 9.97 Å². The molecule has 7 heteroatoms. The lowest BCUT2D eigenvalue weighted by molar-refractivity contribution is -0.138. The summed E-state index contributed by atoms with van der Waals surface area (Å²) in [6, 6.07) is 3.89. The minimum absolute atomic E-state index is 0.00925. The molecule has 0 fully saturated rings. The van der Waals surface area contributed by atoms with Gasteiger partial charge >= 0.3 is 6.18 Å². The molecule has 2 aromatic rings. The van der Waals surface area contributed by atoms with E-state index in [1.807, 2.05) is 0 Å². The standard InChI is InChI=1S/C10H7BrF3N3/c11-8-2-1-6(5-7(8)10(12,13)14)17-9-15-3-4-16-9/h1-5H,(H2,15,16,17). The fourth-order valence-corrected chi connectivity index (χ4v) is 1.76. The fourth-order valence-electron chi connectivity index (χ4n) is 1.29. The Morgan fingerprint density at radius 1 is 1.29 bits per heavy atom. The SMILES string of the molecule is FC(F)(F)c1cc(Nc2ncc[nH]2)ccc1Br.